The Morgan fingerprint density at radius 3 is 2.88 bits per heavy atom. The van der Waals surface area contributed by atoms with Crippen molar-refractivity contribution in [3.05, 3.63) is 34.3 Å². The highest BCUT2D eigenvalue weighted by atomic mass is 79.9. The first kappa shape index (κ1) is 12.6. The van der Waals surface area contributed by atoms with E-state index in [2.05, 4.69) is 27.3 Å². The van der Waals surface area contributed by atoms with Gasteiger partial charge in [-0.05, 0) is 43.9 Å². The number of rotatable bonds is 3. The third-order valence-electron chi connectivity index (χ3n) is 3.42. The number of carbonyl (C=O) groups is 1. The van der Waals surface area contributed by atoms with Gasteiger partial charge in [0.2, 0.25) is 0 Å². The second kappa shape index (κ2) is 4.78. The maximum absolute atomic E-state index is 11.1. The Labute approximate surface area is 109 Å². The van der Waals surface area contributed by atoms with E-state index in [0.717, 1.165) is 17.4 Å². The molecule has 4 heteroatoms. The van der Waals surface area contributed by atoms with Crippen LogP contribution in [-0.2, 0) is 11.2 Å². The molecule has 1 aliphatic rings. The maximum atomic E-state index is 11.1. The van der Waals surface area contributed by atoms with Crippen molar-refractivity contribution in [3.8, 4) is 0 Å². The molecule has 0 spiro atoms. The molecule has 92 valence electrons. The Morgan fingerprint density at radius 1 is 1.59 bits per heavy atom. The summed E-state index contributed by atoms with van der Waals surface area (Å²) in [6.07, 6.45) is 1.60. The summed E-state index contributed by atoms with van der Waals surface area (Å²) in [5.74, 6) is -0.373. The number of carboxylic acids is 1. The average molecular weight is 298 g/mol. The molecule has 0 saturated carbocycles. The standard InChI is InChI=1S/C13H16BrNO2/c1-13(12(16)17)7-9(8-15-13)6-10-4-2-3-5-11(10)14/h2-5,9,15H,6-8H2,1H3,(H,16,17). The number of nitrogens with one attached hydrogen (secondary N) is 1. The Kier molecular flexibility index (Phi) is 3.54. The molecule has 1 heterocycles. The molecular weight excluding hydrogens is 282 g/mol. The van der Waals surface area contributed by atoms with Gasteiger partial charge in [-0.3, -0.25) is 4.79 Å². The fourth-order valence-electron chi connectivity index (χ4n) is 2.37. The van der Waals surface area contributed by atoms with Crippen LogP contribution in [0.1, 0.15) is 18.9 Å². The van der Waals surface area contributed by atoms with Crippen LogP contribution in [0.5, 0.6) is 0 Å². The van der Waals surface area contributed by atoms with Gasteiger partial charge in [0, 0.05) is 4.47 Å². The molecule has 1 fully saturated rings. The Balaban J connectivity index is 2.04. The molecule has 0 radical (unpaired) electrons. The van der Waals surface area contributed by atoms with Gasteiger partial charge in [0.15, 0.2) is 0 Å². The van der Waals surface area contributed by atoms with Gasteiger partial charge >= 0.3 is 5.97 Å². The predicted molar refractivity (Wildman–Crippen MR) is 70.0 cm³/mol. The largest absolute Gasteiger partial charge is 0.480 e. The van der Waals surface area contributed by atoms with E-state index in [1.165, 1.54) is 5.56 Å². The van der Waals surface area contributed by atoms with Gasteiger partial charge in [-0.2, -0.15) is 0 Å². The third-order valence-corrected chi connectivity index (χ3v) is 4.19. The zero-order valence-corrected chi connectivity index (χ0v) is 11.3. The van der Waals surface area contributed by atoms with Gasteiger partial charge in [-0.1, -0.05) is 34.1 Å². The van der Waals surface area contributed by atoms with Crippen LogP contribution >= 0.6 is 15.9 Å². The number of hydrogen-bond donors (Lipinski definition) is 2. The minimum atomic E-state index is -0.758. The van der Waals surface area contributed by atoms with Crippen molar-refractivity contribution in [2.75, 3.05) is 6.54 Å². The van der Waals surface area contributed by atoms with Gasteiger partial charge < -0.3 is 10.4 Å². The summed E-state index contributed by atoms with van der Waals surface area (Å²) < 4.78 is 1.10. The topological polar surface area (TPSA) is 49.3 Å². The van der Waals surface area contributed by atoms with E-state index in [1.807, 2.05) is 18.2 Å². The molecule has 3 nitrogen and oxygen atoms in total. The van der Waals surface area contributed by atoms with Crippen LogP contribution in [0.15, 0.2) is 28.7 Å². The normalized spacial score (nSPS) is 28.2. The summed E-state index contributed by atoms with van der Waals surface area (Å²) >= 11 is 3.52. The predicted octanol–water partition coefficient (Wildman–Crippen LogP) is 2.44. The van der Waals surface area contributed by atoms with Crippen LogP contribution in [0.4, 0.5) is 0 Å². The molecule has 1 aliphatic heterocycles. The van der Waals surface area contributed by atoms with Crippen molar-refractivity contribution in [2.24, 2.45) is 5.92 Å². The van der Waals surface area contributed by atoms with Crippen LogP contribution < -0.4 is 5.32 Å². The lowest BCUT2D eigenvalue weighted by Crippen LogP contribution is -2.44. The summed E-state index contributed by atoms with van der Waals surface area (Å²) in [7, 11) is 0. The lowest BCUT2D eigenvalue weighted by molar-refractivity contribution is -0.143. The van der Waals surface area contributed by atoms with Gasteiger partial charge in [0.05, 0.1) is 0 Å². The number of halogens is 1. The molecule has 0 bridgehead atoms. The zero-order chi connectivity index (χ0) is 12.5. The fourth-order valence-corrected chi connectivity index (χ4v) is 2.82. The van der Waals surface area contributed by atoms with E-state index in [9.17, 15) is 4.79 Å². The molecule has 1 aromatic carbocycles. The Bertz CT molecular complexity index is 435. The smallest absolute Gasteiger partial charge is 0.323 e. The third kappa shape index (κ3) is 2.69. The van der Waals surface area contributed by atoms with Crippen LogP contribution in [0.3, 0.4) is 0 Å². The van der Waals surface area contributed by atoms with E-state index in [-0.39, 0.29) is 0 Å². The van der Waals surface area contributed by atoms with Gasteiger partial charge in [-0.15, -0.1) is 0 Å². The summed E-state index contributed by atoms with van der Waals surface area (Å²) in [6, 6.07) is 8.11. The first-order chi connectivity index (χ1) is 8.01. The quantitative estimate of drug-likeness (QED) is 0.901. The number of carboxylic acid groups (broad SMARTS) is 1. The van der Waals surface area contributed by atoms with Crippen molar-refractivity contribution in [1.82, 2.24) is 5.32 Å². The molecule has 2 N–H and O–H groups in total. The van der Waals surface area contributed by atoms with E-state index < -0.39 is 11.5 Å². The van der Waals surface area contributed by atoms with E-state index >= 15 is 0 Å². The SMILES string of the molecule is CC1(C(=O)O)CC(Cc2ccccc2Br)CN1. The highest BCUT2D eigenvalue weighted by Gasteiger charge is 2.40. The van der Waals surface area contributed by atoms with Crippen molar-refractivity contribution in [3.63, 3.8) is 0 Å². The molecule has 2 rings (SSSR count). The molecule has 1 saturated heterocycles. The van der Waals surface area contributed by atoms with Crippen LogP contribution in [0, 0.1) is 5.92 Å². The van der Waals surface area contributed by atoms with Crippen molar-refractivity contribution >= 4 is 21.9 Å². The van der Waals surface area contributed by atoms with E-state index in [1.54, 1.807) is 6.92 Å². The Morgan fingerprint density at radius 2 is 2.29 bits per heavy atom. The number of aliphatic carboxylic acids is 1. The summed E-state index contributed by atoms with van der Waals surface area (Å²) in [6.45, 7) is 2.53. The summed E-state index contributed by atoms with van der Waals surface area (Å²) in [5, 5.41) is 12.2. The van der Waals surface area contributed by atoms with E-state index in [4.69, 9.17) is 5.11 Å². The van der Waals surface area contributed by atoms with Crippen molar-refractivity contribution < 1.29 is 9.90 Å². The second-order valence-corrected chi connectivity index (χ2v) is 5.74. The lowest BCUT2D eigenvalue weighted by atomic mass is 9.91. The monoisotopic (exact) mass is 297 g/mol. The molecule has 0 amide bonds. The first-order valence-corrected chi connectivity index (χ1v) is 6.52. The van der Waals surface area contributed by atoms with Gasteiger partial charge in [-0.25, -0.2) is 0 Å². The maximum Gasteiger partial charge on any atom is 0.323 e. The van der Waals surface area contributed by atoms with Crippen LogP contribution in [0.25, 0.3) is 0 Å². The average Bonchev–Trinajstić information content (AvgIpc) is 2.65. The Hall–Kier alpha value is -0.870. The molecule has 0 aliphatic carbocycles. The fraction of sp³-hybridized carbons (Fsp3) is 0.462. The lowest BCUT2D eigenvalue weighted by Gasteiger charge is -2.18. The van der Waals surface area contributed by atoms with Crippen molar-refractivity contribution in [2.45, 2.75) is 25.3 Å². The van der Waals surface area contributed by atoms with Gasteiger partial charge in [0.1, 0.15) is 5.54 Å². The van der Waals surface area contributed by atoms with Crippen molar-refractivity contribution in [1.29, 1.82) is 0 Å². The minimum Gasteiger partial charge on any atom is -0.480 e. The molecule has 1 aromatic rings. The highest BCUT2D eigenvalue weighted by Crippen LogP contribution is 2.29. The molecule has 2 atom stereocenters. The number of benzene rings is 1. The summed E-state index contributed by atoms with van der Waals surface area (Å²) in [4.78, 5) is 11.1. The highest BCUT2D eigenvalue weighted by molar-refractivity contribution is 9.10. The molecule has 2 unspecified atom stereocenters. The van der Waals surface area contributed by atoms with Crippen LogP contribution in [0.2, 0.25) is 0 Å². The minimum absolute atomic E-state index is 0.384. The molecule has 17 heavy (non-hydrogen) atoms. The first-order valence-electron chi connectivity index (χ1n) is 5.73. The molecule has 0 aromatic heterocycles. The molecular formula is C13H16BrNO2. The van der Waals surface area contributed by atoms with Crippen LogP contribution in [-0.4, -0.2) is 23.2 Å². The second-order valence-electron chi connectivity index (χ2n) is 4.88. The van der Waals surface area contributed by atoms with Gasteiger partial charge in [0.25, 0.3) is 0 Å². The summed E-state index contributed by atoms with van der Waals surface area (Å²) in [5.41, 5.74) is 0.486. The zero-order valence-electron chi connectivity index (χ0n) is 9.74. The van der Waals surface area contributed by atoms with E-state index in [0.29, 0.717) is 12.3 Å². The number of hydrogen-bond acceptors (Lipinski definition) is 2.